The van der Waals surface area contributed by atoms with Gasteiger partial charge in [0.2, 0.25) is 5.91 Å². The largest absolute Gasteiger partial charge is 0.339 e. The van der Waals surface area contributed by atoms with Crippen LogP contribution in [0.15, 0.2) is 0 Å². The highest BCUT2D eigenvalue weighted by molar-refractivity contribution is 8.00. The van der Waals surface area contributed by atoms with Gasteiger partial charge in [0.25, 0.3) is 0 Å². The normalized spacial score (nSPS) is 32.3. The van der Waals surface area contributed by atoms with Crippen molar-refractivity contribution < 1.29 is 4.79 Å². The van der Waals surface area contributed by atoms with Crippen LogP contribution in [0.5, 0.6) is 0 Å². The Morgan fingerprint density at radius 1 is 1.43 bits per heavy atom. The zero-order chi connectivity index (χ0) is 10.2. The van der Waals surface area contributed by atoms with Gasteiger partial charge in [0.1, 0.15) is 0 Å². The summed E-state index contributed by atoms with van der Waals surface area (Å²) in [7, 11) is 0. The van der Waals surface area contributed by atoms with Gasteiger partial charge in [-0.05, 0) is 19.3 Å². The Balaban J connectivity index is 2.12. The molecular formula is C11H19NOS. The number of hydrogen-bond acceptors (Lipinski definition) is 2. The molecule has 2 nitrogen and oxygen atoms in total. The first-order valence-electron chi connectivity index (χ1n) is 5.52. The van der Waals surface area contributed by atoms with Crippen molar-refractivity contribution in [3.63, 3.8) is 0 Å². The Bertz CT molecular complexity index is 239. The van der Waals surface area contributed by atoms with E-state index in [0.29, 0.717) is 18.4 Å². The molecular weight excluding hydrogens is 194 g/mol. The van der Waals surface area contributed by atoms with Gasteiger partial charge in [0.05, 0.1) is 0 Å². The molecule has 2 heterocycles. The van der Waals surface area contributed by atoms with Gasteiger partial charge in [-0.25, -0.2) is 0 Å². The molecule has 2 aliphatic rings. The van der Waals surface area contributed by atoms with Crippen LogP contribution in [-0.4, -0.2) is 33.9 Å². The number of carbonyl (C=O) groups is 1. The van der Waals surface area contributed by atoms with Crippen LogP contribution in [0.25, 0.3) is 0 Å². The lowest BCUT2D eigenvalue weighted by molar-refractivity contribution is -0.134. The Hall–Kier alpha value is -0.180. The Kier molecular flexibility index (Phi) is 2.78. The van der Waals surface area contributed by atoms with Gasteiger partial charge in [-0.1, -0.05) is 13.8 Å². The highest BCUT2D eigenvalue weighted by Crippen LogP contribution is 2.36. The van der Waals surface area contributed by atoms with Crippen LogP contribution >= 0.6 is 11.8 Å². The molecule has 1 unspecified atom stereocenters. The average Bonchev–Trinajstić information content (AvgIpc) is 2.24. The lowest BCUT2D eigenvalue weighted by Crippen LogP contribution is -2.44. The van der Waals surface area contributed by atoms with Gasteiger partial charge in [-0.3, -0.25) is 4.79 Å². The van der Waals surface area contributed by atoms with Gasteiger partial charge >= 0.3 is 0 Å². The molecule has 0 aromatic carbocycles. The van der Waals surface area contributed by atoms with E-state index in [1.54, 1.807) is 0 Å². The van der Waals surface area contributed by atoms with E-state index >= 15 is 0 Å². The molecule has 3 heteroatoms. The maximum absolute atomic E-state index is 12.0. The van der Waals surface area contributed by atoms with Crippen LogP contribution in [0.4, 0.5) is 0 Å². The maximum atomic E-state index is 12.0. The Morgan fingerprint density at radius 3 is 3.00 bits per heavy atom. The van der Waals surface area contributed by atoms with Gasteiger partial charge in [0, 0.05) is 29.5 Å². The monoisotopic (exact) mass is 213 g/mol. The van der Waals surface area contributed by atoms with Crippen LogP contribution < -0.4 is 0 Å². The molecule has 0 spiro atoms. The number of nitrogens with zero attached hydrogens (tertiary/aromatic N) is 1. The third kappa shape index (κ3) is 2.08. The second-order valence-corrected chi connectivity index (χ2v) is 6.71. The summed E-state index contributed by atoms with van der Waals surface area (Å²) in [6, 6.07) is 0.531. The molecule has 14 heavy (non-hydrogen) atoms. The third-order valence-corrected chi connectivity index (χ3v) is 4.67. The lowest BCUT2D eigenvalue weighted by Gasteiger charge is -2.33. The molecule has 0 bridgehead atoms. The van der Waals surface area contributed by atoms with Crippen LogP contribution in [-0.2, 0) is 4.79 Å². The van der Waals surface area contributed by atoms with E-state index in [1.807, 2.05) is 11.8 Å². The van der Waals surface area contributed by atoms with Crippen LogP contribution in [0.2, 0.25) is 0 Å². The first kappa shape index (κ1) is 10.3. The average molecular weight is 213 g/mol. The fraction of sp³-hybridized carbons (Fsp3) is 0.909. The van der Waals surface area contributed by atoms with Crippen molar-refractivity contribution >= 4 is 17.7 Å². The van der Waals surface area contributed by atoms with Gasteiger partial charge < -0.3 is 4.90 Å². The van der Waals surface area contributed by atoms with E-state index in [9.17, 15) is 4.79 Å². The molecule has 0 aliphatic carbocycles. The topological polar surface area (TPSA) is 20.3 Å². The standard InChI is InChI=1S/C11H19NOS/c1-11(2)7-10(13)12-6-4-3-5-9(12)8-14-11/h9H,3-8H2,1-2H3. The zero-order valence-corrected chi connectivity index (χ0v) is 9.90. The summed E-state index contributed by atoms with van der Waals surface area (Å²) in [5.74, 6) is 1.52. The molecule has 2 aliphatic heterocycles. The molecule has 2 fully saturated rings. The fourth-order valence-electron chi connectivity index (χ4n) is 2.34. The highest BCUT2D eigenvalue weighted by Gasteiger charge is 2.35. The number of piperidine rings is 1. The summed E-state index contributed by atoms with van der Waals surface area (Å²) in [6.07, 6.45) is 4.44. The Morgan fingerprint density at radius 2 is 2.21 bits per heavy atom. The summed E-state index contributed by atoms with van der Waals surface area (Å²) < 4.78 is 0.147. The SMILES string of the molecule is CC1(C)CC(=O)N2CCCCC2CS1. The number of amides is 1. The van der Waals surface area contributed by atoms with Gasteiger partial charge in [0.15, 0.2) is 0 Å². The molecule has 0 aromatic rings. The summed E-state index contributed by atoms with van der Waals surface area (Å²) >= 11 is 1.97. The molecule has 0 aromatic heterocycles. The quantitative estimate of drug-likeness (QED) is 0.615. The minimum atomic E-state index is 0.147. The number of thioether (sulfide) groups is 1. The first-order valence-corrected chi connectivity index (χ1v) is 6.50. The van der Waals surface area contributed by atoms with Crippen molar-refractivity contribution in [3.8, 4) is 0 Å². The predicted molar refractivity (Wildman–Crippen MR) is 60.5 cm³/mol. The number of carbonyl (C=O) groups excluding carboxylic acids is 1. The summed E-state index contributed by atoms with van der Waals surface area (Å²) in [5.41, 5.74) is 0. The third-order valence-electron chi connectivity index (χ3n) is 3.19. The van der Waals surface area contributed by atoms with E-state index in [-0.39, 0.29) is 4.75 Å². The van der Waals surface area contributed by atoms with Crippen molar-refractivity contribution in [3.05, 3.63) is 0 Å². The van der Waals surface area contributed by atoms with Crippen LogP contribution in [0, 0.1) is 0 Å². The maximum Gasteiger partial charge on any atom is 0.224 e. The molecule has 2 saturated heterocycles. The summed E-state index contributed by atoms with van der Waals surface area (Å²) in [5, 5.41) is 0. The van der Waals surface area contributed by atoms with Crippen molar-refractivity contribution in [2.75, 3.05) is 12.3 Å². The van der Waals surface area contributed by atoms with E-state index in [4.69, 9.17) is 0 Å². The summed E-state index contributed by atoms with van der Waals surface area (Å²) in [4.78, 5) is 14.1. The highest BCUT2D eigenvalue weighted by atomic mass is 32.2. The van der Waals surface area contributed by atoms with E-state index in [0.717, 1.165) is 12.3 Å². The van der Waals surface area contributed by atoms with Gasteiger partial charge in [-0.2, -0.15) is 11.8 Å². The number of rotatable bonds is 0. The molecule has 80 valence electrons. The second-order valence-electron chi connectivity index (χ2n) is 4.98. The molecule has 2 rings (SSSR count). The minimum absolute atomic E-state index is 0.147. The predicted octanol–water partition coefficient (Wildman–Crippen LogP) is 2.28. The molecule has 1 atom stereocenters. The van der Waals surface area contributed by atoms with Crippen molar-refractivity contribution in [1.29, 1.82) is 0 Å². The molecule has 0 saturated carbocycles. The van der Waals surface area contributed by atoms with Crippen LogP contribution in [0.3, 0.4) is 0 Å². The fourth-order valence-corrected chi connectivity index (χ4v) is 3.56. The van der Waals surface area contributed by atoms with Crippen molar-refractivity contribution in [2.45, 2.75) is 50.3 Å². The zero-order valence-electron chi connectivity index (χ0n) is 9.08. The molecule has 1 amide bonds. The van der Waals surface area contributed by atoms with Gasteiger partial charge in [-0.15, -0.1) is 0 Å². The first-order chi connectivity index (χ1) is 6.58. The molecule has 0 N–H and O–H groups in total. The lowest BCUT2D eigenvalue weighted by atomic mass is 10.0. The number of fused-ring (bicyclic) bond motifs is 1. The van der Waals surface area contributed by atoms with Crippen molar-refractivity contribution in [1.82, 2.24) is 4.90 Å². The second kappa shape index (κ2) is 3.76. The molecule has 0 radical (unpaired) electrons. The number of hydrogen-bond donors (Lipinski definition) is 0. The van der Waals surface area contributed by atoms with E-state index in [2.05, 4.69) is 18.7 Å². The van der Waals surface area contributed by atoms with E-state index < -0.39 is 0 Å². The Labute approximate surface area is 90.4 Å². The summed E-state index contributed by atoms with van der Waals surface area (Å²) in [6.45, 7) is 5.38. The van der Waals surface area contributed by atoms with Crippen molar-refractivity contribution in [2.24, 2.45) is 0 Å². The minimum Gasteiger partial charge on any atom is -0.339 e. The van der Waals surface area contributed by atoms with E-state index in [1.165, 1.54) is 19.3 Å². The smallest absolute Gasteiger partial charge is 0.224 e. The van der Waals surface area contributed by atoms with Crippen LogP contribution in [0.1, 0.15) is 39.5 Å².